The van der Waals surface area contributed by atoms with E-state index in [1.165, 1.54) is 38.9 Å². The summed E-state index contributed by atoms with van der Waals surface area (Å²) in [5.41, 5.74) is 9.31. The molecule has 0 heteroatoms. The second-order valence-electron chi connectivity index (χ2n) is 7.23. The zero-order chi connectivity index (χ0) is 18.5. The van der Waals surface area contributed by atoms with E-state index in [1.807, 2.05) is 0 Å². The molecule has 0 nitrogen and oxygen atoms in total. The lowest BCUT2D eigenvalue weighted by Gasteiger charge is -2.11. The first-order valence-electron chi connectivity index (χ1n) is 9.54. The third-order valence-electron chi connectivity index (χ3n) is 4.94. The molecule has 0 spiro atoms. The van der Waals surface area contributed by atoms with E-state index in [4.69, 9.17) is 0 Å². The molecule has 0 heterocycles. The van der Waals surface area contributed by atoms with E-state index in [2.05, 4.69) is 110 Å². The molecule has 0 bridgehead atoms. The third-order valence-corrected chi connectivity index (χ3v) is 4.94. The maximum absolute atomic E-state index is 2.36. The highest BCUT2D eigenvalue weighted by Gasteiger charge is 2.06. The second-order valence-corrected chi connectivity index (χ2v) is 7.23. The Morgan fingerprint density at radius 1 is 0.444 bits per heavy atom. The van der Waals surface area contributed by atoms with Gasteiger partial charge in [0.05, 0.1) is 0 Å². The van der Waals surface area contributed by atoms with E-state index < -0.39 is 0 Å². The molecule has 0 saturated heterocycles. The molecule has 0 atom stereocenters. The van der Waals surface area contributed by atoms with Gasteiger partial charge >= 0.3 is 0 Å². The highest BCUT2D eigenvalue weighted by molar-refractivity contribution is 5.66. The summed E-state index contributed by atoms with van der Waals surface area (Å²) in [5, 5.41) is 0. The summed E-state index contributed by atoms with van der Waals surface area (Å²) in [6.07, 6.45) is 1.92. The van der Waals surface area contributed by atoms with E-state index >= 15 is 0 Å². The van der Waals surface area contributed by atoms with Gasteiger partial charge in [0.15, 0.2) is 0 Å². The molecule has 0 fully saturated rings. The van der Waals surface area contributed by atoms with Crippen molar-refractivity contribution in [3.8, 4) is 11.1 Å². The van der Waals surface area contributed by atoms with Crippen LogP contribution in [0.5, 0.6) is 0 Å². The number of rotatable bonds is 5. The van der Waals surface area contributed by atoms with Crippen molar-refractivity contribution >= 4 is 0 Å². The van der Waals surface area contributed by atoms with Crippen LogP contribution in [0.1, 0.15) is 27.8 Å². The van der Waals surface area contributed by atoms with Gasteiger partial charge < -0.3 is 0 Å². The monoisotopic (exact) mass is 348 g/mol. The van der Waals surface area contributed by atoms with E-state index in [0.29, 0.717) is 0 Å². The average Bonchev–Trinajstić information content (AvgIpc) is 2.70. The van der Waals surface area contributed by atoms with E-state index in [9.17, 15) is 0 Å². The second kappa shape index (κ2) is 8.05. The first kappa shape index (κ1) is 17.3. The largest absolute Gasteiger partial charge is 0.0622 e. The number of benzene rings is 4. The van der Waals surface area contributed by atoms with E-state index in [1.54, 1.807) is 0 Å². The molecule has 4 aromatic rings. The quantitative estimate of drug-likeness (QED) is 0.370. The fraction of sp³-hybridized carbons (Fsp3) is 0.111. The summed E-state index contributed by atoms with van der Waals surface area (Å²) in [6.45, 7) is 2.14. The van der Waals surface area contributed by atoms with Gasteiger partial charge in [-0.15, -0.1) is 0 Å². The Morgan fingerprint density at radius 3 is 1.41 bits per heavy atom. The third kappa shape index (κ3) is 4.54. The van der Waals surface area contributed by atoms with Crippen LogP contribution in [0.4, 0.5) is 0 Å². The molecule has 4 rings (SSSR count). The van der Waals surface area contributed by atoms with E-state index in [0.717, 1.165) is 12.8 Å². The minimum atomic E-state index is 0.961. The molecule has 0 aliphatic rings. The highest BCUT2D eigenvalue weighted by atomic mass is 14.1. The van der Waals surface area contributed by atoms with Gasteiger partial charge in [-0.3, -0.25) is 0 Å². The minimum Gasteiger partial charge on any atom is -0.0622 e. The van der Waals surface area contributed by atoms with Crippen LogP contribution in [0.3, 0.4) is 0 Å². The Morgan fingerprint density at radius 2 is 0.926 bits per heavy atom. The van der Waals surface area contributed by atoms with Gasteiger partial charge in [-0.25, -0.2) is 0 Å². The Labute approximate surface area is 162 Å². The summed E-state index contributed by atoms with van der Waals surface area (Å²) < 4.78 is 0. The highest BCUT2D eigenvalue weighted by Crippen LogP contribution is 2.25. The fourth-order valence-electron chi connectivity index (χ4n) is 3.54. The summed E-state index contributed by atoms with van der Waals surface area (Å²) in [7, 11) is 0. The molecule has 0 aliphatic carbocycles. The zero-order valence-corrected chi connectivity index (χ0v) is 15.7. The minimum absolute atomic E-state index is 0.961. The van der Waals surface area contributed by atoms with Gasteiger partial charge in [0.25, 0.3) is 0 Å². The fourth-order valence-corrected chi connectivity index (χ4v) is 3.54. The van der Waals surface area contributed by atoms with Gasteiger partial charge in [-0.2, -0.15) is 0 Å². The van der Waals surface area contributed by atoms with Crippen molar-refractivity contribution in [2.75, 3.05) is 0 Å². The predicted octanol–water partition coefficient (Wildman–Crippen LogP) is 6.84. The molecule has 132 valence electrons. The number of hydrogen-bond donors (Lipinski definition) is 0. The molecule has 0 unspecified atom stereocenters. The molecular weight excluding hydrogens is 324 g/mol. The lowest BCUT2D eigenvalue weighted by molar-refractivity contribution is 1.14. The lowest BCUT2D eigenvalue weighted by Crippen LogP contribution is -1.95. The topological polar surface area (TPSA) is 0 Å². The number of hydrogen-bond acceptors (Lipinski definition) is 0. The number of aryl methyl sites for hydroxylation is 1. The van der Waals surface area contributed by atoms with Crippen molar-refractivity contribution in [3.63, 3.8) is 0 Å². The molecular formula is C27H24. The van der Waals surface area contributed by atoms with Crippen molar-refractivity contribution in [3.05, 3.63) is 131 Å². The molecule has 0 aromatic heterocycles. The Balaban J connectivity index is 1.72. The zero-order valence-electron chi connectivity index (χ0n) is 15.7. The Bertz CT molecular complexity index is 937. The molecule has 0 aliphatic heterocycles. The normalized spacial score (nSPS) is 10.7. The summed E-state index contributed by atoms with van der Waals surface area (Å²) in [6, 6.07) is 37.3. The first-order chi connectivity index (χ1) is 13.3. The van der Waals surface area contributed by atoms with Gasteiger partial charge in [-0.1, -0.05) is 109 Å². The van der Waals surface area contributed by atoms with Crippen molar-refractivity contribution in [2.24, 2.45) is 0 Å². The summed E-state index contributed by atoms with van der Waals surface area (Å²) >= 11 is 0. The van der Waals surface area contributed by atoms with Gasteiger partial charge in [-0.05, 0) is 53.1 Å². The molecule has 0 saturated carbocycles. The van der Waals surface area contributed by atoms with Crippen molar-refractivity contribution < 1.29 is 0 Å². The van der Waals surface area contributed by atoms with Gasteiger partial charge in [0.1, 0.15) is 0 Å². The van der Waals surface area contributed by atoms with Crippen molar-refractivity contribution in [1.82, 2.24) is 0 Å². The van der Waals surface area contributed by atoms with Crippen LogP contribution in [0.15, 0.2) is 103 Å². The Kier molecular flexibility index (Phi) is 5.16. The lowest BCUT2D eigenvalue weighted by atomic mass is 9.93. The van der Waals surface area contributed by atoms with Crippen molar-refractivity contribution in [1.29, 1.82) is 0 Å². The maximum Gasteiger partial charge on any atom is -0.00255 e. The molecule has 27 heavy (non-hydrogen) atoms. The van der Waals surface area contributed by atoms with Crippen LogP contribution >= 0.6 is 0 Å². The summed E-state index contributed by atoms with van der Waals surface area (Å²) in [5.74, 6) is 0. The van der Waals surface area contributed by atoms with Crippen LogP contribution in [0.2, 0.25) is 0 Å². The van der Waals surface area contributed by atoms with Crippen LogP contribution in [0.25, 0.3) is 11.1 Å². The van der Waals surface area contributed by atoms with Crippen LogP contribution in [0, 0.1) is 6.92 Å². The van der Waals surface area contributed by atoms with E-state index in [-0.39, 0.29) is 0 Å². The van der Waals surface area contributed by atoms with Gasteiger partial charge in [0, 0.05) is 0 Å². The molecule has 0 amide bonds. The molecule has 0 radical (unpaired) electrons. The Hall–Kier alpha value is -3.12. The molecule has 0 N–H and O–H groups in total. The smallest absolute Gasteiger partial charge is 0.00255 e. The van der Waals surface area contributed by atoms with Crippen LogP contribution < -0.4 is 0 Å². The van der Waals surface area contributed by atoms with Crippen LogP contribution in [-0.4, -0.2) is 0 Å². The van der Waals surface area contributed by atoms with Gasteiger partial charge in [0.2, 0.25) is 0 Å². The first-order valence-corrected chi connectivity index (χ1v) is 9.54. The van der Waals surface area contributed by atoms with Crippen molar-refractivity contribution in [2.45, 2.75) is 19.8 Å². The average molecular weight is 348 g/mol. The predicted molar refractivity (Wildman–Crippen MR) is 115 cm³/mol. The molecule has 4 aromatic carbocycles. The van der Waals surface area contributed by atoms with Crippen LogP contribution in [-0.2, 0) is 12.8 Å². The maximum atomic E-state index is 2.36. The standard InChI is InChI=1S/C27H24/c1-21-12-14-26(15-13-21)27-19-24(16-22-8-4-2-5-9-22)18-25(20-27)17-23-10-6-3-7-11-23/h2-15,18-20H,16-17H2,1H3. The SMILES string of the molecule is Cc1ccc(-c2cc(Cc3ccccc3)cc(Cc3ccccc3)c2)cc1. The summed E-state index contributed by atoms with van der Waals surface area (Å²) in [4.78, 5) is 0.